The Bertz CT molecular complexity index is 873. The van der Waals surface area contributed by atoms with E-state index in [4.69, 9.17) is 10.6 Å². The van der Waals surface area contributed by atoms with Crippen molar-refractivity contribution in [2.45, 2.75) is 11.8 Å². The Labute approximate surface area is 157 Å². The summed E-state index contributed by atoms with van der Waals surface area (Å²) in [7, 11) is 0. The number of thioether (sulfide) groups is 1. The van der Waals surface area contributed by atoms with Gasteiger partial charge in [-0.2, -0.15) is 8.78 Å². The molecule has 0 bridgehead atoms. The highest BCUT2D eigenvalue weighted by atomic mass is 32.2. The second-order valence-corrected chi connectivity index (χ2v) is 6.29. The van der Waals surface area contributed by atoms with Crippen LogP contribution in [0.15, 0.2) is 53.7 Å². The summed E-state index contributed by atoms with van der Waals surface area (Å²) < 4.78 is 48.3. The lowest BCUT2D eigenvalue weighted by Gasteiger charge is -2.07. The first-order chi connectivity index (χ1) is 13.0. The van der Waals surface area contributed by atoms with Gasteiger partial charge < -0.3 is 15.3 Å². The monoisotopic (exact) mass is 396 g/mol. The highest BCUT2D eigenvalue weighted by Gasteiger charge is 2.13. The molecule has 0 atom stereocenters. The van der Waals surface area contributed by atoms with Crippen molar-refractivity contribution < 1.29 is 22.6 Å². The SMILES string of the molecule is Nn1c(SCCOc2ccc(F)cc2)nnc1-c1ccc(OC(F)F)cc1. The number of nitrogens with two attached hydrogens (primary N) is 1. The quantitative estimate of drug-likeness (QED) is 0.356. The molecule has 27 heavy (non-hydrogen) atoms. The van der Waals surface area contributed by atoms with Gasteiger partial charge in [0.1, 0.15) is 17.3 Å². The predicted octanol–water partition coefficient (Wildman–Crippen LogP) is 3.57. The lowest BCUT2D eigenvalue weighted by atomic mass is 10.2. The summed E-state index contributed by atoms with van der Waals surface area (Å²) >= 11 is 1.34. The number of nitrogens with zero attached hydrogens (tertiary/aromatic N) is 3. The van der Waals surface area contributed by atoms with Crippen molar-refractivity contribution in [2.75, 3.05) is 18.2 Å². The van der Waals surface area contributed by atoms with E-state index < -0.39 is 6.61 Å². The molecule has 1 heterocycles. The topological polar surface area (TPSA) is 75.2 Å². The number of hydrogen-bond acceptors (Lipinski definition) is 6. The molecule has 0 unspecified atom stereocenters. The number of rotatable bonds is 8. The molecule has 0 saturated heterocycles. The van der Waals surface area contributed by atoms with Gasteiger partial charge in [0.15, 0.2) is 5.82 Å². The highest BCUT2D eigenvalue weighted by Crippen LogP contribution is 2.24. The van der Waals surface area contributed by atoms with Crippen LogP contribution in [0.4, 0.5) is 13.2 Å². The summed E-state index contributed by atoms with van der Waals surface area (Å²) in [6, 6.07) is 11.7. The number of aromatic nitrogens is 3. The van der Waals surface area contributed by atoms with Gasteiger partial charge in [-0.05, 0) is 48.5 Å². The van der Waals surface area contributed by atoms with Crippen molar-refractivity contribution in [3.05, 3.63) is 54.3 Å². The first kappa shape index (κ1) is 18.9. The average molecular weight is 396 g/mol. The van der Waals surface area contributed by atoms with Crippen LogP contribution in [0.25, 0.3) is 11.4 Å². The average Bonchev–Trinajstić information content (AvgIpc) is 3.01. The molecule has 6 nitrogen and oxygen atoms in total. The Morgan fingerprint density at radius 2 is 1.67 bits per heavy atom. The molecule has 0 radical (unpaired) electrons. The van der Waals surface area contributed by atoms with Gasteiger partial charge in [0, 0.05) is 11.3 Å². The fourth-order valence-corrected chi connectivity index (χ4v) is 2.85. The third-order valence-corrected chi connectivity index (χ3v) is 4.31. The van der Waals surface area contributed by atoms with Gasteiger partial charge in [-0.15, -0.1) is 10.2 Å². The zero-order chi connectivity index (χ0) is 19.2. The molecular formula is C17H15F3N4O2S. The van der Waals surface area contributed by atoms with Crippen molar-refractivity contribution in [3.63, 3.8) is 0 Å². The number of benzene rings is 2. The summed E-state index contributed by atoms with van der Waals surface area (Å²) in [5.74, 6) is 7.23. The molecule has 3 rings (SSSR count). The van der Waals surface area contributed by atoms with E-state index >= 15 is 0 Å². The zero-order valence-electron chi connectivity index (χ0n) is 13.9. The number of nitrogen functional groups attached to an aromatic ring is 1. The Hall–Kier alpha value is -2.88. The minimum Gasteiger partial charge on any atom is -0.493 e. The molecule has 3 aromatic rings. The zero-order valence-corrected chi connectivity index (χ0v) is 14.7. The van der Waals surface area contributed by atoms with E-state index in [0.717, 1.165) is 0 Å². The molecule has 0 aliphatic carbocycles. The molecular weight excluding hydrogens is 381 g/mol. The molecule has 0 amide bonds. The third-order valence-electron chi connectivity index (χ3n) is 3.40. The van der Waals surface area contributed by atoms with E-state index in [9.17, 15) is 13.2 Å². The molecule has 0 saturated carbocycles. The largest absolute Gasteiger partial charge is 0.493 e. The molecule has 0 fully saturated rings. The lowest BCUT2D eigenvalue weighted by molar-refractivity contribution is -0.0498. The van der Waals surface area contributed by atoms with Gasteiger partial charge in [0.05, 0.1) is 6.61 Å². The van der Waals surface area contributed by atoms with Crippen LogP contribution in [-0.4, -0.2) is 33.8 Å². The number of hydrogen-bond donors (Lipinski definition) is 1. The minimum absolute atomic E-state index is 0.0457. The van der Waals surface area contributed by atoms with Crippen molar-refractivity contribution >= 4 is 11.8 Å². The Balaban J connectivity index is 1.56. The molecule has 0 aliphatic heterocycles. The van der Waals surface area contributed by atoms with Crippen molar-refractivity contribution in [1.29, 1.82) is 0 Å². The predicted molar refractivity (Wildman–Crippen MR) is 94.9 cm³/mol. The van der Waals surface area contributed by atoms with E-state index in [2.05, 4.69) is 14.9 Å². The lowest BCUT2D eigenvalue weighted by Crippen LogP contribution is -2.12. The van der Waals surface area contributed by atoms with Gasteiger partial charge in [-0.1, -0.05) is 11.8 Å². The van der Waals surface area contributed by atoms with E-state index in [1.807, 2.05) is 0 Å². The fourth-order valence-electron chi connectivity index (χ4n) is 2.18. The summed E-state index contributed by atoms with van der Waals surface area (Å²) in [6.07, 6.45) is 0. The second-order valence-electron chi connectivity index (χ2n) is 5.23. The summed E-state index contributed by atoms with van der Waals surface area (Å²) in [6.45, 7) is -2.51. The van der Waals surface area contributed by atoms with Gasteiger partial charge >= 0.3 is 6.61 Å². The van der Waals surface area contributed by atoms with E-state index in [1.165, 1.54) is 40.7 Å². The van der Waals surface area contributed by atoms with Gasteiger partial charge in [0.2, 0.25) is 5.16 Å². The smallest absolute Gasteiger partial charge is 0.387 e. The van der Waals surface area contributed by atoms with Crippen LogP contribution in [-0.2, 0) is 0 Å². The van der Waals surface area contributed by atoms with Gasteiger partial charge in [0.25, 0.3) is 0 Å². The highest BCUT2D eigenvalue weighted by molar-refractivity contribution is 7.99. The van der Waals surface area contributed by atoms with Crippen LogP contribution >= 0.6 is 11.8 Å². The Kier molecular flexibility index (Phi) is 6.07. The maximum Gasteiger partial charge on any atom is 0.387 e. The Morgan fingerprint density at radius 1 is 1.00 bits per heavy atom. The summed E-state index contributed by atoms with van der Waals surface area (Å²) in [5, 5.41) is 8.51. The minimum atomic E-state index is -2.88. The summed E-state index contributed by atoms with van der Waals surface area (Å²) in [4.78, 5) is 0. The molecule has 142 valence electrons. The number of halogens is 3. The molecule has 1 aromatic heterocycles. The molecule has 0 aliphatic rings. The maximum atomic E-state index is 12.8. The number of alkyl halides is 2. The van der Waals surface area contributed by atoms with Crippen LogP contribution in [0, 0.1) is 5.82 Å². The molecule has 2 N–H and O–H groups in total. The fraction of sp³-hybridized carbons (Fsp3) is 0.176. The first-order valence-electron chi connectivity index (χ1n) is 7.80. The Morgan fingerprint density at radius 3 is 2.33 bits per heavy atom. The van der Waals surface area contributed by atoms with Crippen molar-refractivity contribution in [3.8, 4) is 22.9 Å². The van der Waals surface area contributed by atoms with Gasteiger partial charge in [-0.3, -0.25) is 0 Å². The van der Waals surface area contributed by atoms with Crippen molar-refractivity contribution in [1.82, 2.24) is 14.9 Å². The second kappa shape index (κ2) is 8.67. The molecule has 2 aromatic carbocycles. The maximum absolute atomic E-state index is 12.8. The normalized spacial score (nSPS) is 11.0. The third kappa shape index (κ3) is 5.07. The van der Waals surface area contributed by atoms with E-state index in [-0.39, 0.29) is 11.6 Å². The summed E-state index contributed by atoms with van der Waals surface area (Å²) in [5.41, 5.74) is 0.612. The van der Waals surface area contributed by atoms with Crippen LogP contribution in [0.5, 0.6) is 11.5 Å². The van der Waals surface area contributed by atoms with Crippen molar-refractivity contribution in [2.24, 2.45) is 0 Å². The van der Waals surface area contributed by atoms with Gasteiger partial charge in [-0.25, -0.2) is 9.07 Å². The van der Waals surface area contributed by atoms with Crippen LogP contribution in [0.2, 0.25) is 0 Å². The first-order valence-corrected chi connectivity index (χ1v) is 8.78. The van der Waals surface area contributed by atoms with Crippen LogP contribution < -0.4 is 15.3 Å². The standard InChI is InChI=1S/C17H15F3N4O2S/c18-12-3-7-13(8-4-12)25-9-10-27-17-23-22-15(24(17)21)11-1-5-14(6-2-11)26-16(19)20/h1-8,16H,9-10,21H2. The number of ether oxygens (including phenoxy) is 2. The van der Waals surface area contributed by atoms with E-state index in [0.29, 0.717) is 34.7 Å². The molecule has 10 heteroatoms. The molecule has 0 spiro atoms. The van der Waals surface area contributed by atoms with Crippen LogP contribution in [0.3, 0.4) is 0 Å². The van der Waals surface area contributed by atoms with E-state index in [1.54, 1.807) is 24.3 Å². The van der Waals surface area contributed by atoms with Crippen LogP contribution in [0.1, 0.15) is 0 Å².